The van der Waals surface area contributed by atoms with Crippen LogP contribution in [0.3, 0.4) is 0 Å². The first-order chi connectivity index (χ1) is 17.4. The minimum absolute atomic E-state index is 0.0104. The molecule has 4 amide bonds. The summed E-state index contributed by atoms with van der Waals surface area (Å²) >= 11 is 0. The van der Waals surface area contributed by atoms with E-state index in [2.05, 4.69) is 50.3 Å². The lowest BCUT2D eigenvalue weighted by Crippen LogP contribution is -2.50. The third kappa shape index (κ3) is 3.00. The number of hydrogen-bond acceptors (Lipinski definition) is 6. The zero-order chi connectivity index (χ0) is 24.9. The van der Waals surface area contributed by atoms with Crippen LogP contribution in [0.5, 0.6) is 0 Å². The highest BCUT2D eigenvalue weighted by Crippen LogP contribution is 2.59. The lowest BCUT2D eigenvalue weighted by atomic mass is 9.50. The van der Waals surface area contributed by atoms with Crippen LogP contribution >= 0.6 is 21.6 Å². The zero-order valence-corrected chi connectivity index (χ0v) is 22.2. The molecule has 8 rings (SSSR count). The number of hydrogen-bond donors (Lipinski definition) is 0. The van der Waals surface area contributed by atoms with Crippen LogP contribution in [0.4, 0.5) is 0 Å². The summed E-state index contributed by atoms with van der Waals surface area (Å²) in [5.74, 6) is 3.16. The van der Waals surface area contributed by atoms with Gasteiger partial charge in [-0.3, -0.25) is 29.0 Å². The van der Waals surface area contributed by atoms with Gasteiger partial charge < -0.3 is 0 Å². The monoisotopic (exact) mass is 524 g/mol. The Morgan fingerprint density at radius 1 is 0.528 bits per heavy atom. The molecule has 8 heteroatoms. The molecule has 6 aliphatic carbocycles. The third-order valence-corrected chi connectivity index (χ3v) is 12.8. The first-order valence-electron chi connectivity index (χ1n) is 13.4. The molecule has 0 unspecified atom stereocenters. The van der Waals surface area contributed by atoms with Gasteiger partial charge in [-0.25, -0.2) is 0 Å². The van der Waals surface area contributed by atoms with Gasteiger partial charge in [0, 0.05) is 24.6 Å². The molecule has 6 nitrogen and oxygen atoms in total. The molecule has 2 saturated heterocycles. The third-order valence-electron chi connectivity index (χ3n) is 10.5. The molecule has 0 N–H and O–H groups in total. The van der Waals surface area contributed by atoms with Crippen molar-refractivity contribution in [3.05, 3.63) is 36.5 Å². The maximum Gasteiger partial charge on any atom is 0.233 e. The van der Waals surface area contributed by atoms with E-state index in [1.165, 1.54) is 9.80 Å². The van der Waals surface area contributed by atoms with E-state index < -0.39 is 0 Å². The predicted molar refractivity (Wildman–Crippen MR) is 139 cm³/mol. The SMILES string of the molecule is C[C@@H]1[C@@H]2C=C[C@@H]2[C@H](C)[C@@H]2C(=O)N(CCSSCCN3C(=O)[C@@H]4[C@@H]5C=C[C@@H]([C@H]6C=C[C@H]65)[C@@H]4C3=O)C(=O)[C@H]12. The Morgan fingerprint density at radius 2 is 0.861 bits per heavy atom. The van der Waals surface area contributed by atoms with Gasteiger partial charge in [-0.05, 0) is 47.3 Å². The first-order valence-corrected chi connectivity index (χ1v) is 15.9. The van der Waals surface area contributed by atoms with Crippen LogP contribution in [0.15, 0.2) is 36.5 Å². The van der Waals surface area contributed by atoms with Crippen molar-refractivity contribution in [2.24, 2.45) is 71.0 Å². The van der Waals surface area contributed by atoms with Crippen LogP contribution in [0.2, 0.25) is 0 Å². The number of fused-ring (bicyclic) bond motifs is 2. The Bertz CT molecular complexity index is 1050. The van der Waals surface area contributed by atoms with E-state index in [1.54, 1.807) is 21.6 Å². The first kappa shape index (κ1) is 23.3. The van der Waals surface area contributed by atoms with Crippen molar-refractivity contribution in [3.63, 3.8) is 0 Å². The number of carbonyl (C=O) groups is 4. The molecule has 190 valence electrons. The van der Waals surface area contributed by atoms with E-state index in [-0.39, 0.29) is 71.0 Å². The number of carbonyl (C=O) groups excluding carboxylic acids is 4. The largest absolute Gasteiger partial charge is 0.281 e. The summed E-state index contributed by atoms with van der Waals surface area (Å²) in [6.07, 6.45) is 13.2. The number of amides is 4. The Kier molecular flexibility index (Phi) is 5.41. The summed E-state index contributed by atoms with van der Waals surface area (Å²) in [6.45, 7) is 5.12. The van der Waals surface area contributed by atoms with Crippen molar-refractivity contribution in [2.75, 3.05) is 24.6 Å². The van der Waals surface area contributed by atoms with Gasteiger partial charge in [0.05, 0.1) is 23.7 Å². The van der Waals surface area contributed by atoms with Gasteiger partial charge in [0.2, 0.25) is 23.6 Å². The second-order valence-electron chi connectivity index (χ2n) is 11.7. The highest BCUT2D eigenvalue weighted by molar-refractivity contribution is 8.76. The number of imide groups is 2. The summed E-state index contributed by atoms with van der Waals surface area (Å²) in [5.41, 5.74) is 0. The molecule has 36 heavy (non-hydrogen) atoms. The Morgan fingerprint density at radius 3 is 1.22 bits per heavy atom. The van der Waals surface area contributed by atoms with Crippen LogP contribution in [-0.2, 0) is 19.2 Å². The minimum Gasteiger partial charge on any atom is -0.281 e. The van der Waals surface area contributed by atoms with Crippen LogP contribution in [-0.4, -0.2) is 58.0 Å². The van der Waals surface area contributed by atoms with Gasteiger partial charge in [0.1, 0.15) is 0 Å². The van der Waals surface area contributed by atoms with Gasteiger partial charge in [0.25, 0.3) is 0 Å². The van der Waals surface area contributed by atoms with Crippen molar-refractivity contribution in [2.45, 2.75) is 13.8 Å². The maximum atomic E-state index is 13.2. The molecular formula is C28H32N2O4S2. The van der Waals surface area contributed by atoms with Crippen LogP contribution in [0, 0.1) is 71.0 Å². The molecule has 2 saturated carbocycles. The van der Waals surface area contributed by atoms with Crippen LogP contribution < -0.4 is 0 Å². The van der Waals surface area contributed by atoms with Gasteiger partial charge in [-0.1, -0.05) is 71.9 Å². The Hall–Kier alpha value is -1.80. The molecule has 8 aliphatic rings. The van der Waals surface area contributed by atoms with E-state index >= 15 is 0 Å². The standard InChI is InChI=1S/C28H32N2O4S2/c1-13-15-3-4-16(15)14(2)22-21(13)25(31)29(26(22)32)9-11-35-36-12-10-30-27(33)23-19-7-8-20(24(23)28(30)34)18-6-5-17(18)19/h3-8,13-24H,9-12H2,1-2H3/t13-,14+,15+,16-,17-,18+,19-,20+,21-,22+,23-,24+. The highest BCUT2D eigenvalue weighted by atomic mass is 33.1. The highest BCUT2D eigenvalue weighted by Gasteiger charge is 2.63. The van der Waals surface area contributed by atoms with Crippen molar-refractivity contribution in [3.8, 4) is 0 Å². The quantitative estimate of drug-likeness (QED) is 0.220. The summed E-state index contributed by atoms with van der Waals surface area (Å²) in [4.78, 5) is 55.6. The second kappa shape index (κ2) is 8.35. The lowest BCUT2D eigenvalue weighted by Gasteiger charge is -2.51. The molecule has 0 aromatic heterocycles. The minimum atomic E-state index is -0.178. The number of nitrogens with zero attached hydrogens (tertiary/aromatic N) is 2. The molecule has 0 spiro atoms. The average molecular weight is 525 g/mol. The second-order valence-corrected chi connectivity index (χ2v) is 14.4. The summed E-state index contributed by atoms with van der Waals surface area (Å²) in [5, 5.41) is 0. The fourth-order valence-electron chi connectivity index (χ4n) is 8.55. The van der Waals surface area contributed by atoms with E-state index in [1.807, 2.05) is 0 Å². The van der Waals surface area contributed by atoms with Crippen LogP contribution in [0.1, 0.15) is 13.8 Å². The van der Waals surface area contributed by atoms with E-state index in [0.717, 1.165) is 0 Å². The molecular weight excluding hydrogens is 492 g/mol. The number of likely N-dealkylation sites (tertiary alicyclic amines) is 2. The fourth-order valence-corrected chi connectivity index (χ4v) is 10.5. The average Bonchev–Trinajstić information content (AvgIpc) is 3.20. The zero-order valence-electron chi connectivity index (χ0n) is 20.6. The predicted octanol–water partition coefficient (Wildman–Crippen LogP) is 3.28. The van der Waals surface area contributed by atoms with Crippen molar-refractivity contribution in [1.82, 2.24) is 9.80 Å². The van der Waals surface area contributed by atoms with E-state index in [4.69, 9.17) is 0 Å². The van der Waals surface area contributed by atoms with Gasteiger partial charge in [-0.2, -0.15) is 0 Å². The van der Waals surface area contributed by atoms with E-state index in [9.17, 15) is 19.2 Å². The molecule has 2 bridgehead atoms. The lowest BCUT2D eigenvalue weighted by molar-refractivity contribution is -0.141. The Labute approximate surface area is 219 Å². The Balaban J connectivity index is 0.901. The molecule has 12 atom stereocenters. The number of allylic oxidation sites excluding steroid dienone is 6. The summed E-state index contributed by atoms with van der Waals surface area (Å²) < 4.78 is 0. The molecule has 0 aromatic carbocycles. The molecule has 0 radical (unpaired) electrons. The van der Waals surface area contributed by atoms with Gasteiger partial charge in [0.15, 0.2) is 0 Å². The normalized spacial score (nSPS) is 47.1. The van der Waals surface area contributed by atoms with Crippen molar-refractivity contribution >= 4 is 45.2 Å². The molecule has 4 fully saturated rings. The summed E-state index contributed by atoms with van der Waals surface area (Å²) in [6, 6.07) is 0. The fraction of sp³-hybridized carbons (Fsp3) is 0.643. The van der Waals surface area contributed by atoms with Gasteiger partial charge in [-0.15, -0.1) is 0 Å². The van der Waals surface area contributed by atoms with Crippen molar-refractivity contribution < 1.29 is 19.2 Å². The van der Waals surface area contributed by atoms with Gasteiger partial charge >= 0.3 is 0 Å². The summed E-state index contributed by atoms with van der Waals surface area (Å²) in [7, 11) is 3.23. The van der Waals surface area contributed by atoms with Crippen LogP contribution in [0.25, 0.3) is 0 Å². The molecule has 2 heterocycles. The topological polar surface area (TPSA) is 74.8 Å². The maximum absolute atomic E-state index is 13.2. The molecule has 2 aliphatic heterocycles. The number of rotatable bonds is 7. The van der Waals surface area contributed by atoms with Crippen molar-refractivity contribution in [1.29, 1.82) is 0 Å². The molecule has 0 aromatic rings. The smallest absolute Gasteiger partial charge is 0.233 e. The van der Waals surface area contributed by atoms with E-state index in [0.29, 0.717) is 48.3 Å².